The van der Waals surface area contributed by atoms with Crippen molar-refractivity contribution in [3.05, 3.63) is 44.6 Å². The van der Waals surface area contributed by atoms with Crippen molar-refractivity contribution in [1.82, 2.24) is 10.6 Å². The van der Waals surface area contributed by atoms with E-state index in [0.717, 1.165) is 57.5 Å². The van der Waals surface area contributed by atoms with Crippen molar-refractivity contribution < 1.29 is 24.3 Å². The van der Waals surface area contributed by atoms with Gasteiger partial charge in [0, 0.05) is 29.2 Å². The Bertz CT molecular complexity index is 761. The van der Waals surface area contributed by atoms with Gasteiger partial charge in [-0.05, 0) is 18.4 Å². The van der Waals surface area contributed by atoms with Gasteiger partial charge in [-0.2, -0.15) is 0 Å². The molecule has 0 saturated carbocycles. The fourth-order valence-corrected chi connectivity index (χ4v) is 4.29. The van der Waals surface area contributed by atoms with Crippen LogP contribution in [-0.4, -0.2) is 76.5 Å². The normalized spacial score (nSPS) is 20.9. The van der Waals surface area contributed by atoms with E-state index in [9.17, 15) is 10.2 Å². The Balaban J connectivity index is 0.000000229. The number of carbonyl (C=O) groups excluding carboxylic acids is 1. The van der Waals surface area contributed by atoms with Crippen LogP contribution in [0, 0.1) is 0 Å². The predicted octanol–water partition coefficient (Wildman–Crippen LogP) is 0.561. The number of ether oxygens (including phenoxy) is 3. The largest absolute Gasteiger partial charge is 0.763 e. The highest BCUT2D eigenvalue weighted by Gasteiger charge is 2.34. The maximum absolute atomic E-state index is 12.0. The van der Waals surface area contributed by atoms with Crippen molar-refractivity contribution in [2.75, 3.05) is 59.7 Å². The molecule has 0 radical (unpaired) electrons. The summed E-state index contributed by atoms with van der Waals surface area (Å²) in [7, 11) is 1.33. The first kappa shape index (κ1) is 25.4. The van der Waals surface area contributed by atoms with Gasteiger partial charge < -0.3 is 35.6 Å². The predicted molar refractivity (Wildman–Crippen MR) is 126 cm³/mol. The number of allylic oxidation sites excluding steroid dienone is 1. The highest BCUT2D eigenvalue weighted by Crippen LogP contribution is 2.38. The molecular weight excluding hydrogens is 436 g/mol. The summed E-state index contributed by atoms with van der Waals surface area (Å²) in [6.45, 7) is 9.79. The molecule has 4 heterocycles. The van der Waals surface area contributed by atoms with Gasteiger partial charge in [0.2, 0.25) is 0 Å². The number of carbonyl (C=O) groups is 1. The highest BCUT2D eigenvalue weighted by molar-refractivity contribution is 7.80. The molecule has 4 rings (SSSR count). The van der Waals surface area contributed by atoms with E-state index in [2.05, 4.69) is 21.8 Å². The van der Waals surface area contributed by atoms with Gasteiger partial charge >= 0.3 is 5.97 Å². The van der Waals surface area contributed by atoms with Crippen molar-refractivity contribution in [3.8, 4) is 0 Å². The summed E-state index contributed by atoms with van der Waals surface area (Å²) in [6.07, 6.45) is 0. The molecule has 1 atom stereocenters. The number of nitrogens with one attached hydrogen (secondary N) is 2. The molecule has 1 aromatic heterocycles. The van der Waals surface area contributed by atoms with Gasteiger partial charge in [0.1, 0.15) is 4.99 Å². The van der Waals surface area contributed by atoms with Gasteiger partial charge in [-0.1, -0.05) is 18.3 Å². The van der Waals surface area contributed by atoms with Crippen molar-refractivity contribution in [2.45, 2.75) is 12.8 Å². The van der Waals surface area contributed by atoms with Crippen LogP contribution in [0.15, 0.2) is 34.4 Å². The Hall–Kier alpha value is -1.91. The standard InChI is InChI=1S/C13H11N2O2S2.2C4H9NO/c1-7-10(13(16)17-2)11(9-4-3-5-19-9)8(6-14)12(18)15-7;2*1-3-6-4-2-5-1/h3-5,11H,1-2H3,(H,15,18);2*5H,1-4H2/q-1;;/p+1. The van der Waals surface area contributed by atoms with E-state index >= 15 is 0 Å². The fourth-order valence-electron chi connectivity index (χ4n) is 3.13. The Labute approximate surface area is 192 Å². The van der Waals surface area contributed by atoms with E-state index in [1.54, 1.807) is 6.92 Å². The summed E-state index contributed by atoms with van der Waals surface area (Å²) in [4.78, 5) is 13.2. The monoisotopic (exact) mass is 466 g/mol. The van der Waals surface area contributed by atoms with Gasteiger partial charge in [0.15, 0.2) is 0 Å². The van der Waals surface area contributed by atoms with E-state index < -0.39 is 11.9 Å². The van der Waals surface area contributed by atoms with Crippen LogP contribution in [-0.2, 0) is 19.0 Å². The molecule has 10 heteroatoms. The second kappa shape index (κ2) is 14.2. The lowest BCUT2D eigenvalue weighted by Crippen LogP contribution is -2.87. The number of hydrogen-bond donors (Lipinski definition) is 3. The summed E-state index contributed by atoms with van der Waals surface area (Å²) < 4.78 is 14.9. The summed E-state index contributed by atoms with van der Waals surface area (Å²) in [5.74, 6) is 1.21. The molecule has 0 bridgehead atoms. The van der Waals surface area contributed by atoms with E-state index in [1.165, 1.54) is 18.4 Å². The number of esters is 1. The zero-order valence-corrected chi connectivity index (χ0v) is 19.6. The summed E-state index contributed by atoms with van der Waals surface area (Å²) in [5, 5.41) is 19.5. The van der Waals surface area contributed by atoms with Crippen LogP contribution in [0.3, 0.4) is 0 Å². The van der Waals surface area contributed by atoms with Gasteiger partial charge in [-0.25, -0.2) is 4.79 Å². The molecule has 0 aromatic carbocycles. The molecule has 3 aliphatic rings. The lowest BCUT2D eigenvalue weighted by atomic mass is 9.86. The zero-order valence-electron chi connectivity index (χ0n) is 17.9. The van der Waals surface area contributed by atoms with Crippen molar-refractivity contribution in [2.24, 2.45) is 0 Å². The summed E-state index contributed by atoms with van der Waals surface area (Å²) in [6, 6.07) is 3.77. The van der Waals surface area contributed by atoms with E-state index in [-0.39, 0.29) is 0 Å². The first-order valence-corrected chi connectivity index (χ1v) is 11.5. The number of hydrogen-bond acceptors (Lipinski definition) is 7. The molecule has 4 N–H and O–H groups in total. The number of morpholine rings is 2. The van der Waals surface area contributed by atoms with Gasteiger partial charge in [-0.15, -0.1) is 11.3 Å². The molecule has 0 spiro atoms. The molecule has 170 valence electrons. The maximum Gasteiger partial charge on any atom is 0.336 e. The third kappa shape index (κ3) is 7.93. The fraction of sp³-hybridized carbons (Fsp3) is 0.524. The summed E-state index contributed by atoms with van der Waals surface area (Å²) >= 11 is 6.66. The topological polar surface area (TPSA) is 108 Å². The molecule has 2 saturated heterocycles. The molecule has 1 unspecified atom stereocenters. The minimum absolute atomic E-state index is 0.367. The Morgan fingerprint density at radius 1 is 1.29 bits per heavy atom. The number of thiophene rings is 1. The first-order chi connectivity index (χ1) is 15.1. The SMILES string of the molecule is C1COCCN1.C1COCC[NH2+]1.COC(=O)C1=C(C)NC(=S)C(=C=[N-])C1c1cccs1. The van der Waals surface area contributed by atoms with Gasteiger partial charge in [0.25, 0.3) is 0 Å². The number of nitrogens with two attached hydrogens (primary N) is 1. The molecule has 3 aliphatic heterocycles. The van der Waals surface area contributed by atoms with Crippen LogP contribution >= 0.6 is 23.6 Å². The Morgan fingerprint density at radius 3 is 2.35 bits per heavy atom. The number of thiocarbonyl (C=S) groups is 1. The number of nitrogens with zero attached hydrogens (tertiary/aromatic N) is 1. The maximum atomic E-state index is 12.0. The third-order valence-electron chi connectivity index (χ3n) is 4.66. The van der Waals surface area contributed by atoms with Crippen LogP contribution in [0.25, 0.3) is 5.41 Å². The zero-order chi connectivity index (χ0) is 22.5. The van der Waals surface area contributed by atoms with Crippen LogP contribution < -0.4 is 16.0 Å². The van der Waals surface area contributed by atoms with Crippen molar-refractivity contribution >= 4 is 40.4 Å². The van der Waals surface area contributed by atoms with Crippen LogP contribution in [0.1, 0.15) is 17.7 Å². The second-order valence-electron chi connectivity index (χ2n) is 6.80. The van der Waals surface area contributed by atoms with Crippen LogP contribution in [0.2, 0.25) is 0 Å². The van der Waals surface area contributed by atoms with Crippen LogP contribution in [0.5, 0.6) is 0 Å². The Kier molecular flexibility index (Phi) is 11.6. The Morgan fingerprint density at radius 2 is 1.97 bits per heavy atom. The average Bonchev–Trinajstić information content (AvgIpc) is 3.36. The molecule has 0 aliphatic carbocycles. The third-order valence-corrected chi connectivity index (χ3v) is 5.92. The minimum atomic E-state index is -0.446. The molecule has 2 fully saturated rings. The average molecular weight is 467 g/mol. The van der Waals surface area contributed by atoms with Crippen molar-refractivity contribution in [1.29, 1.82) is 0 Å². The molecule has 8 nitrogen and oxygen atoms in total. The van der Waals surface area contributed by atoms with Crippen LogP contribution in [0.4, 0.5) is 0 Å². The molecule has 0 amide bonds. The number of methoxy groups -OCH3 is 1. The second-order valence-corrected chi connectivity index (χ2v) is 8.19. The van der Waals surface area contributed by atoms with Gasteiger partial charge in [-0.3, -0.25) is 5.87 Å². The number of rotatable bonds is 2. The minimum Gasteiger partial charge on any atom is -0.763 e. The van der Waals surface area contributed by atoms with E-state index in [4.69, 9.17) is 26.4 Å². The first-order valence-electron chi connectivity index (χ1n) is 10.2. The van der Waals surface area contributed by atoms with Gasteiger partial charge in [0.05, 0.1) is 58.1 Å². The van der Waals surface area contributed by atoms with E-state index in [0.29, 0.717) is 21.8 Å². The molecule has 1 aromatic rings. The molecular formula is C21H30N4O4S2. The molecule has 31 heavy (non-hydrogen) atoms. The number of quaternary nitrogens is 1. The quantitative estimate of drug-likeness (QED) is 0.253. The summed E-state index contributed by atoms with van der Waals surface area (Å²) in [5.41, 5.74) is 1.45. The smallest absolute Gasteiger partial charge is 0.336 e. The van der Waals surface area contributed by atoms with Crippen molar-refractivity contribution in [3.63, 3.8) is 0 Å². The lowest BCUT2D eigenvalue weighted by Gasteiger charge is -2.29. The van der Waals surface area contributed by atoms with E-state index in [1.807, 2.05) is 17.5 Å². The lowest BCUT2D eigenvalue weighted by molar-refractivity contribution is -0.670. The highest BCUT2D eigenvalue weighted by atomic mass is 32.1.